The lowest BCUT2D eigenvalue weighted by Crippen LogP contribution is -2.21. The van der Waals surface area contributed by atoms with Crippen LogP contribution in [-0.4, -0.2) is 15.7 Å². The average Bonchev–Trinajstić information content (AvgIpc) is 2.86. The molecule has 0 aliphatic rings. The highest BCUT2D eigenvalue weighted by atomic mass is 19.4. The third kappa shape index (κ3) is 4.24. The molecule has 0 fully saturated rings. The number of hydrogen-bond donors (Lipinski definition) is 1. The van der Waals surface area contributed by atoms with E-state index in [4.69, 9.17) is 0 Å². The van der Waals surface area contributed by atoms with Crippen LogP contribution in [0.15, 0.2) is 36.5 Å². The van der Waals surface area contributed by atoms with Crippen molar-refractivity contribution in [1.29, 1.82) is 0 Å². The van der Waals surface area contributed by atoms with Gasteiger partial charge in [-0.3, -0.25) is 9.48 Å². The van der Waals surface area contributed by atoms with Gasteiger partial charge < -0.3 is 5.32 Å². The second-order valence-corrected chi connectivity index (χ2v) is 4.49. The number of amides is 1. The van der Waals surface area contributed by atoms with Gasteiger partial charge in [0.1, 0.15) is 6.54 Å². The van der Waals surface area contributed by atoms with Crippen LogP contribution in [0.1, 0.15) is 11.3 Å². The van der Waals surface area contributed by atoms with Crippen LogP contribution in [0.3, 0.4) is 0 Å². The van der Waals surface area contributed by atoms with Gasteiger partial charge >= 0.3 is 12.4 Å². The van der Waals surface area contributed by atoms with Crippen LogP contribution in [0, 0.1) is 0 Å². The number of nitrogens with one attached hydrogen (secondary N) is 1. The van der Waals surface area contributed by atoms with Gasteiger partial charge in [-0.05, 0) is 18.2 Å². The van der Waals surface area contributed by atoms with Crippen LogP contribution >= 0.6 is 0 Å². The zero-order valence-electron chi connectivity index (χ0n) is 11.2. The van der Waals surface area contributed by atoms with E-state index in [-0.39, 0.29) is 0 Å². The van der Waals surface area contributed by atoms with Crippen LogP contribution in [0.25, 0.3) is 0 Å². The molecule has 0 spiro atoms. The molecule has 1 heterocycles. The molecule has 1 N–H and O–H groups in total. The lowest BCUT2D eigenvalue weighted by molar-refractivity contribution is -0.141. The van der Waals surface area contributed by atoms with Gasteiger partial charge in [-0.25, -0.2) is 0 Å². The van der Waals surface area contributed by atoms with Gasteiger partial charge in [0.25, 0.3) is 0 Å². The monoisotopic (exact) mass is 337 g/mol. The summed E-state index contributed by atoms with van der Waals surface area (Å²) in [5.41, 5.74) is -2.72. The molecule has 0 saturated carbocycles. The molecule has 10 heteroatoms. The number of halogens is 6. The molecule has 1 aromatic carbocycles. The molecule has 0 saturated heterocycles. The molecule has 1 amide bonds. The minimum Gasteiger partial charge on any atom is -0.324 e. The van der Waals surface area contributed by atoms with Gasteiger partial charge in [0.2, 0.25) is 5.91 Å². The van der Waals surface area contributed by atoms with Crippen molar-refractivity contribution in [2.75, 3.05) is 5.32 Å². The van der Waals surface area contributed by atoms with E-state index in [0.29, 0.717) is 10.7 Å². The van der Waals surface area contributed by atoms with Gasteiger partial charge in [-0.15, -0.1) is 0 Å². The molecule has 0 unspecified atom stereocenters. The molecule has 1 aromatic heterocycles. The third-order valence-electron chi connectivity index (χ3n) is 2.74. The lowest BCUT2D eigenvalue weighted by atomic mass is 10.1. The number of aromatic nitrogens is 2. The largest absolute Gasteiger partial charge is 0.435 e. The first kappa shape index (κ1) is 16.8. The number of alkyl halides is 6. The Bertz CT molecular complexity index is 704. The molecular weight excluding hydrogens is 328 g/mol. The fraction of sp³-hybridized carbons (Fsp3) is 0.231. The summed E-state index contributed by atoms with van der Waals surface area (Å²) in [7, 11) is 0. The second kappa shape index (κ2) is 5.94. The molecule has 0 bridgehead atoms. The van der Waals surface area contributed by atoms with Gasteiger partial charge in [0.05, 0.1) is 11.3 Å². The molecule has 0 atom stereocenters. The summed E-state index contributed by atoms with van der Waals surface area (Å²) >= 11 is 0. The normalized spacial score (nSPS) is 12.3. The van der Waals surface area contributed by atoms with E-state index in [1.165, 1.54) is 6.07 Å². The Morgan fingerprint density at radius 1 is 1.04 bits per heavy atom. The summed E-state index contributed by atoms with van der Waals surface area (Å²) < 4.78 is 76.1. The molecule has 0 aliphatic heterocycles. The zero-order chi connectivity index (χ0) is 17.3. The van der Waals surface area contributed by atoms with Gasteiger partial charge in [0, 0.05) is 6.20 Å². The van der Waals surface area contributed by atoms with Crippen LogP contribution in [0.4, 0.5) is 32.0 Å². The van der Waals surface area contributed by atoms with Gasteiger partial charge in [-0.1, -0.05) is 12.1 Å². The summed E-state index contributed by atoms with van der Waals surface area (Å²) in [5.74, 6) is -0.932. The van der Waals surface area contributed by atoms with E-state index in [0.717, 1.165) is 24.4 Å². The van der Waals surface area contributed by atoms with Crippen molar-refractivity contribution in [3.63, 3.8) is 0 Å². The Hall–Kier alpha value is -2.52. The first-order valence-electron chi connectivity index (χ1n) is 6.14. The fourth-order valence-corrected chi connectivity index (χ4v) is 1.78. The van der Waals surface area contributed by atoms with Crippen molar-refractivity contribution in [2.45, 2.75) is 18.9 Å². The second-order valence-electron chi connectivity index (χ2n) is 4.49. The number of nitrogens with zero attached hydrogens (tertiary/aromatic N) is 2. The van der Waals surface area contributed by atoms with Crippen molar-refractivity contribution in [1.82, 2.24) is 9.78 Å². The maximum Gasteiger partial charge on any atom is 0.435 e. The fourth-order valence-electron chi connectivity index (χ4n) is 1.78. The summed E-state index contributed by atoms with van der Waals surface area (Å²) in [5, 5.41) is 5.16. The SMILES string of the molecule is O=C(Cn1ccc(C(F)(F)F)n1)Nc1ccccc1C(F)(F)F. The Morgan fingerprint density at radius 3 is 2.26 bits per heavy atom. The number of carbonyl (C=O) groups is 1. The summed E-state index contributed by atoms with van der Waals surface area (Å²) in [4.78, 5) is 11.7. The molecule has 0 radical (unpaired) electrons. The molecule has 2 rings (SSSR count). The number of benzene rings is 1. The molecule has 2 aromatic rings. The number of hydrogen-bond acceptors (Lipinski definition) is 2. The molecule has 0 aliphatic carbocycles. The highest BCUT2D eigenvalue weighted by Crippen LogP contribution is 2.34. The van der Waals surface area contributed by atoms with Crippen LogP contribution in [-0.2, 0) is 23.7 Å². The quantitative estimate of drug-likeness (QED) is 0.871. The van der Waals surface area contributed by atoms with Crippen molar-refractivity contribution < 1.29 is 31.1 Å². The number of anilines is 1. The maximum atomic E-state index is 12.8. The van der Waals surface area contributed by atoms with Crippen LogP contribution in [0.2, 0.25) is 0 Å². The molecular formula is C13H9F6N3O. The first-order chi connectivity index (χ1) is 10.6. The smallest absolute Gasteiger partial charge is 0.324 e. The minimum atomic E-state index is -4.67. The number of para-hydroxylation sites is 1. The highest BCUT2D eigenvalue weighted by Gasteiger charge is 2.34. The van der Waals surface area contributed by atoms with E-state index >= 15 is 0 Å². The summed E-state index contributed by atoms with van der Waals surface area (Å²) in [6.07, 6.45) is -8.41. The Kier molecular flexibility index (Phi) is 4.35. The van der Waals surface area contributed by atoms with Crippen molar-refractivity contribution >= 4 is 11.6 Å². The van der Waals surface area contributed by atoms with E-state index in [1.54, 1.807) is 0 Å². The van der Waals surface area contributed by atoms with Crippen LogP contribution in [0.5, 0.6) is 0 Å². The third-order valence-corrected chi connectivity index (χ3v) is 2.74. The molecule has 124 valence electrons. The lowest BCUT2D eigenvalue weighted by Gasteiger charge is -2.13. The molecule has 4 nitrogen and oxygen atoms in total. The topological polar surface area (TPSA) is 46.9 Å². The van der Waals surface area contributed by atoms with E-state index < -0.39 is 41.7 Å². The predicted octanol–water partition coefficient (Wildman–Crippen LogP) is 3.56. The van der Waals surface area contributed by atoms with E-state index in [9.17, 15) is 31.1 Å². The molecule has 23 heavy (non-hydrogen) atoms. The Morgan fingerprint density at radius 2 is 1.70 bits per heavy atom. The van der Waals surface area contributed by atoms with Gasteiger partial charge in [0.15, 0.2) is 5.69 Å². The maximum absolute atomic E-state index is 12.8. The predicted molar refractivity (Wildman–Crippen MR) is 67.3 cm³/mol. The first-order valence-corrected chi connectivity index (χ1v) is 6.14. The van der Waals surface area contributed by atoms with Crippen molar-refractivity contribution in [3.05, 3.63) is 47.8 Å². The average molecular weight is 337 g/mol. The highest BCUT2D eigenvalue weighted by molar-refractivity contribution is 5.91. The van der Waals surface area contributed by atoms with Crippen molar-refractivity contribution in [3.8, 4) is 0 Å². The number of carbonyl (C=O) groups excluding carboxylic acids is 1. The summed E-state index contributed by atoms with van der Waals surface area (Å²) in [6, 6.07) is 4.94. The van der Waals surface area contributed by atoms with E-state index in [2.05, 4.69) is 5.10 Å². The van der Waals surface area contributed by atoms with Crippen LogP contribution < -0.4 is 5.32 Å². The number of rotatable bonds is 3. The zero-order valence-corrected chi connectivity index (χ0v) is 11.2. The van der Waals surface area contributed by atoms with Crippen molar-refractivity contribution in [2.24, 2.45) is 0 Å². The van der Waals surface area contributed by atoms with Gasteiger partial charge in [-0.2, -0.15) is 31.4 Å². The summed E-state index contributed by atoms with van der Waals surface area (Å²) in [6.45, 7) is -0.651. The Labute approximate surface area is 125 Å². The standard InChI is InChI=1S/C13H9F6N3O/c14-12(15,16)8-3-1-2-4-9(8)20-11(23)7-22-6-5-10(21-22)13(17,18)19/h1-6H,7H2,(H,20,23). The minimum absolute atomic E-state index is 0.479. The Balaban J connectivity index is 2.11. The van der Waals surface area contributed by atoms with E-state index in [1.807, 2.05) is 5.32 Å².